The molecule has 4 rings (SSSR count). The molecular weight excluding hydrogens is 529 g/mol. The first kappa shape index (κ1) is 28.4. The number of pyridine rings is 2. The zero-order valence-electron chi connectivity index (χ0n) is 22.1. The molecule has 9 nitrogen and oxygen atoms in total. The number of amides is 2. The van der Waals surface area contributed by atoms with Crippen LogP contribution in [-0.2, 0) is 14.3 Å². The van der Waals surface area contributed by atoms with E-state index in [0.29, 0.717) is 64.7 Å². The molecule has 2 N–H and O–H groups in total. The van der Waals surface area contributed by atoms with Crippen molar-refractivity contribution >= 4 is 46.8 Å². The summed E-state index contributed by atoms with van der Waals surface area (Å²) in [5.74, 6) is 0.996. The van der Waals surface area contributed by atoms with Gasteiger partial charge in [-0.15, -0.1) is 0 Å². The molecule has 0 radical (unpaired) electrons. The lowest BCUT2D eigenvalue weighted by Gasteiger charge is -2.33. The van der Waals surface area contributed by atoms with Gasteiger partial charge >= 0.3 is 6.09 Å². The van der Waals surface area contributed by atoms with Gasteiger partial charge in [0.1, 0.15) is 17.2 Å². The Hall–Kier alpha value is -2.62. The highest BCUT2D eigenvalue weighted by atomic mass is 35.5. The largest absolute Gasteiger partial charge is 0.444 e. The quantitative estimate of drug-likeness (QED) is 0.452. The number of nitrogens with one attached hydrogen (secondary N) is 2. The zero-order chi connectivity index (χ0) is 27.3. The number of rotatable bonds is 6. The molecule has 0 aliphatic carbocycles. The average Bonchev–Trinajstić information content (AvgIpc) is 2.89. The van der Waals surface area contributed by atoms with Crippen LogP contribution < -0.4 is 10.6 Å². The molecule has 2 aliphatic rings. The maximum atomic E-state index is 13.1. The number of likely N-dealkylation sites (tertiary alicyclic amines) is 1. The number of carbonyl (C=O) groups is 2. The third kappa shape index (κ3) is 7.71. The number of anilines is 2. The van der Waals surface area contributed by atoms with Gasteiger partial charge in [-0.3, -0.25) is 4.79 Å². The molecule has 38 heavy (non-hydrogen) atoms. The summed E-state index contributed by atoms with van der Waals surface area (Å²) in [5, 5.41) is 7.12. The summed E-state index contributed by atoms with van der Waals surface area (Å²) >= 11 is 13.0. The predicted octanol–water partition coefficient (Wildman–Crippen LogP) is 5.87. The first-order valence-corrected chi connectivity index (χ1v) is 13.8. The van der Waals surface area contributed by atoms with Crippen LogP contribution in [0.25, 0.3) is 11.1 Å². The highest BCUT2D eigenvalue weighted by Gasteiger charge is 2.31. The van der Waals surface area contributed by atoms with Gasteiger partial charge in [0.05, 0.1) is 16.0 Å². The third-order valence-corrected chi connectivity index (χ3v) is 7.21. The third-order valence-electron chi connectivity index (χ3n) is 6.61. The fourth-order valence-electron chi connectivity index (χ4n) is 4.57. The molecule has 0 spiro atoms. The van der Waals surface area contributed by atoms with Crippen molar-refractivity contribution in [3.63, 3.8) is 0 Å². The number of halogens is 2. The van der Waals surface area contributed by atoms with E-state index in [0.717, 1.165) is 32.6 Å². The van der Waals surface area contributed by atoms with E-state index in [1.807, 2.05) is 26.8 Å². The minimum Gasteiger partial charge on any atom is -0.444 e. The van der Waals surface area contributed by atoms with E-state index in [-0.39, 0.29) is 11.8 Å². The smallest absolute Gasteiger partial charge is 0.410 e. The van der Waals surface area contributed by atoms with E-state index in [2.05, 4.69) is 20.6 Å². The van der Waals surface area contributed by atoms with Gasteiger partial charge in [0.15, 0.2) is 0 Å². The minimum atomic E-state index is -0.593. The molecule has 2 saturated heterocycles. The molecule has 0 saturated carbocycles. The van der Waals surface area contributed by atoms with Crippen molar-refractivity contribution in [2.75, 3.05) is 43.5 Å². The van der Waals surface area contributed by atoms with E-state index in [1.54, 1.807) is 17.2 Å². The van der Waals surface area contributed by atoms with Crippen molar-refractivity contribution in [3.05, 3.63) is 34.6 Å². The monoisotopic (exact) mass is 563 g/mol. The summed E-state index contributed by atoms with van der Waals surface area (Å²) in [5.41, 5.74) is 0.731. The van der Waals surface area contributed by atoms with Crippen molar-refractivity contribution in [1.29, 1.82) is 0 Å². The summed E-state index contributed by atoms with van der Waals surface area (Å²) < 4.78 is 10.9. The van der Waals surface area contributed by atoms with Gasteiger partial charge in [-0.05, 0) is 64.5 Å². The average molecular weight is 565 g/mol. The highest BCUT2D eigenvalue weighted by molar-refractivity contribution is 6.36. The van der Waals surface area contributed by atoms with Crippen molar-refractivity contribution in [1.82, 2.24) is 14.9 Å². The van der Waals surface area contributed by atoms with Gasteiger partial charge in [-0.1, -0.05) is 23.2 Å². The van der Waals surface area contributed by atoms with Gasteiger partial charge in [-0.25, -0.2) is 14.8 Å². The van der Waals surface area contributed by atoms with Crippen LogP contribution in [0.1, 0.15) is 46.5 Å². The summed E-state index contributed by atoms with van der Waals surface area (Å²) in [6, 6.07) is 3.56. The Kier molecular flexibility index (Phi) is 9.33. The molecular formula is C27H35Cl2N5O4. The standard InChI is InChI=1S/C27H35Cl2N5O4/c1-27(2,3)38-26(36)34-8-4-5-18(16-34)25(35)33-24-12-20(22(29)15-32-24)19-11-23(31-14-21(19)28)30-13-17-6-9-37-10-7-17/h11-12,14-15,17-18H,4-10,13,16H2,1-3H3,(H,30,31)(H,32,33,35). The number of hydrogen-bond donors (Lipinski definition) is 2. The van der Waals surface area contributed by atoms with Crippen molar-refractivity contribution in [2.45, 2.75) is 52.1 Å². The number of piperidine rings is 1. The SMILES string of the molecule is CC(C)(C)OC(=O)N1CCCC(C(=O)Nc2cc(-c3cc(NCC4CCOCC4)ncc3Cl)c(Cl)cn2)C1. The molecule has 2 fully saturated rings. The molecule has 2 aromatic rings. The van der Waals surface area contributed by atoms with Crippen molar-refractivity contribution in [3.8, 4) is 11.1 Å². The summed E-state index contributed by atoms with van der Waals surface area (Å²) in [6.07, 6.45) is 6.09. The number of nitrogens with zero attached hydrogens (tertiary/aromatic N) is 3. The fraction of sp³-hybridized carbons (Fsp3) is 0.556. The Labute approximate surface area is 233 Å². The van der Waals surface area contributed by atoms with Crippen LogP contribution >= 0.6 is 23.2 Å². The lowest BCUT2D eigenvalue weighted by atomic mass is 9.97. The molecule has 11 heteroatoms. The number of carbonyl (C=O) groups excluding carboxylic acids is 2. The second kappa shape index (κ2) is 12.5. The Balaban J connectivity index is 1.44. The lowest BCUT2D eigenvalue weighted by molar-refractivity contribution is -0.121. The van der Waals surface area contributed by atoms with Crippen LogP contribution in [0.5, 0.6) is 0 Å². The van der Waals surface area contributed by atoms with Gasteiger partial charge in [0.2, 0.25) is 5.91 Å². The lowest BCUT2D eigenvalue weighted by Crippen LogP contribution is -2.45. The van der Waals surface area contributed by atoms with Crippen LogP contribution in [0, 0.1) is 11.8 Å². The van der Waals surface area contributed by atoms with Crippen molar-refractivity contribution < 1.29 is 19.1 Å². The van der Waals surface area contributed by atoms with Crippen LogP contribution in [0.3, 0.4) is 0 Å². The van der Waals surface area contributed by atoms with E-state index < -0.39 is 11.7 Å². The molecule has 0 aromatic carbocycles. The first-order chi connectivity index (χ1) is 18.1. The van der Waals surface area contributed by atoms with Crippen LogP contribution in [0.4, 0.5) is 16.4 Å². The molecule has 206 valence electrons. The molecule has 2 amide bonds. The van der Waals surface area contributed by atoms with Gasteiger partial charge in [0.25, 0.3) is 0 Å². The van der Waals surface area contributed by atoms with Crippen LogP contribution in [0.2, 0.25) is 10.0 Å². The summed E-state index contributed by atoms with van der Waals surface area (Å²) in [4.78, 5) is 35.9. The second-order valence-electron chi connectivity index (χ2n) is 10.8. The van der Waals surface area contributed by atoms with E-state index in [1.165, 1.54) is 6.20 Å². The van der Waals surface area contributed by atoms with E-state index >= 15 is 0 Å². The van der Waals surface area contributed by atoms with Crippen LogP contribution in [0.15, 0.2) is 24.5 Å². The second-order valence-corrected chi connectivity index (χ2v) is 11.6. The van der Waals surface area contributed by atoms with E-state index in [4.69, 9.17) is 32.7 Å². The Morgan fingerprint density at radius 1 is 1.05 bits per heavy atom. The van der Waals surface area contributed by atoms with Crippen molar-refractivity contribution in [2.24, 2.45) is 11.8 Å². The molecule has 1 atom stereocenters. The molecule has 1 unspecified atom stereocenters. The Bertz CT molecular complexity index is 1150. The molecule has 2 aromatic heterocycles. The Morgan fingerprint density at radius 3 is 2.34 bits per heavy atom. The highest BCUT2D eigenvalue weighted by Crippen LogP contribution is 2.35. The zero-order valence-corrected chi connectivity index (χ0v) is 23.6. The predicted molar refractivity (Wildman–Crippen MR) is 149 cm³/mol. The van der Waals surface area contributed by atoms with Gasteiger partial charge < -0.3 is 25.0 Å². The maximum absolute atomic E-state index is 13.1. The van der Waals surface area contributed by atoms with Gasteiger partial charge in [0, 0.05) is 56.4 Å². The minimum absolute atomic E-state index is 0.210. The van der Waals surface area contributed by atoms with E-state index in [9.17, 15) is 9.59 Å². The molecule has 4 heterocycles. The number of ether oxygens (including phenoxy) is 2. The fourth-order valence-corrected chi connectivity index (χ4v) is 4.98. The summed E-state index contributed by atoms with van der Waals surface area (Å²) in [7, 11) is 0. The summed E-state index contributed by atoms with van der Waals surface area (Å²) in [6.45, 7) is 8.69. The normalized spacial score (nSPS) is 18.7. The topological polar surface area (TPSA) is 106 Å². The Morgan fingerprint density at radius 2 is 1.68 bits per heavy atom. The van der Waals surface area contributed by atoms with Crippen LogP contribution in [-0.4, -0.2) is 65.3 Å². The number of aromatic nitrogens is 2. The maximum Gasteiger partial charge on any atom is 0.410 e. The number of hydrogen-bond acceptors (Lipinski definition) is 7. The first-order valence-electron chi connectivity index (χ1n) is 13.0. The molecule has 0 bridgehead atoms. The molecule has 2 aliphatic heterocycles. The van der Waals surface area contributed by atoms with Gasteiger partial charge in [-0.2, -0.15) is 0 Å².